The molecule has 0 fully saturated rings. The topological polar surface area (TPSA) is 63.6 Å². The number of hydrogen-bond donors (Lipinski definition) is 1. The number of carboxylic acid groups (broad SMARTS) is 1. The molecule has 0 aromatic carbocycles. The van der Waals surface area contributed by atoms with Crippen LogP contribution in [0.15, 0.2) is 0 Å². The maximum Gasteiger partial charge on any atom is 0.304 e. The van der Waals surface area contributed by atoms with Crippen LogP contribution in [0.5, 0.6) is 0 Å². The summed E-state index contributed by atoms with van der Waals surface area (Å²) >= 11 is 0. The van der Waals surface area contributed by atoms with Crippen molar-refractivity contribution in [1.29, 1.82) is 0 Å². The molecule has 16 heavy (non-hydrogen) atoms. The van der Waals surface area contributed by atoms with Gasteiger partial charge in [-0.3, -0.25) is 9.59 Å². The van der Waals surface area contributed by atoms with Crippen molar-refractivity contribution in [3.8, 4) is 0 Å². The van der Waals surface area contributed by atoms with Gasteiger partial charge in [-0.1, -0.05) is 13.8 Å². The molecule has 0 saturated heterocycles. The van der Waals surface area contributed by atoms with Gasteiger partial charge in [0.05, 0.1) is 11.8 Å². The van der Waals surface area contributed by atoms with Gasteiger partial charge in [0.1, 0.15) is 0 Å². The summed E-state index contributed by atoms with van der Waals surface area (Å²) in [6.07, 6.45) is 0.849. The summed E-state index contributed by atoms with van der Waals surface area (Å²) in [5.74, 6) is -1.30. The molecule has 0 atom stereocenters. The average Bonchev–Trinajstić information content (AvgIpc) is 2.11. The smallest absolute Gasteiger partial charge is 0.304 e. The molecule has 0 heterocycles. The summed E-state index contributed by atoms with van der Waals surface area (Å²) in [5, 5.41) is 8.86. The van der Waals surface area contributed by atoms with Crippen LogP contribution in [0.4, 0.5) is 0 Å². The maximum atomic E-state index is 12.0. The van der Waals surface area contributed by atoms with Crippen LogP contribution in [0.25, 0.3) is 0 Å². The highest BCUT2D eigenvalue weighted by atomic mass is 28.4. The Balaban J connectivity index is 4.89. The summed E-state index contributed by atoms with van der Waals surface area (Å²) in [6, 6.07) is 0. The second kappa shape index (κ2) is 5.47. The largest absolute Gasteiger partial charge is 0.519 e. The predicted molar refractivity (Wildman–Crippen MR) is 64.7 cm³/mol. The third-order valence-electron chi connectivity index (χ3n) is 2.68. The fraction of sp³-hybridized carbons (Fsp3) is 0.818. The van der Waals surface area contributed by atoms with Gasteiger partial charge < -0.3 is 9.53 Å². The van der Waals surface area contributed by atoms with Crippen LogP contribution in [-0.2, 0) is 14.0 Å². The van der Waals surface area contributed by atoms with E-state index in [-0.39, 0.29) is 12.4 Å². The van der Waals surface area contributed by atoms with Gasteiger partial charge in [-0.2, -0.15) is 0 Å². The van der Waals surface area contributed by atoms with Crippen molar-refractivity contribution in [2.45, 2.75) is 52.8 Å². The molecule has 0 rings (SSSR count). The lowest BCUT2D eigenvalue weighted by Gasteiger charge is -2.31. The highest BCUT2D eigenvalue weighted by Crippen LogP contribution is 2.33. The van der Waals surface area contributed by atoms with Gasteiger partial charge in [0.15, 0.2) is 0 Å². The van der Waals surface area contributed by atoms with Crippen molar-refractivity contribution >= 4 is 20.3 Å². The summed E-state index contributed by atoms with van der Waals surface area (Å²) < 4.78 is 5.42. The van der Waals surface area contributed by atoms with E-state index in [1.54, 1.807) is 0 Å². The first-order chi connectivity index (χ1) is 7.17. The van der Waals surface area contributed by atoms with Gasteiger partial charge >= 0.3 is 5.97 Å². The van der Waals surface area contributed by atoms with Crippen molar-refractivity contribution in [3.63, 3.8) is 0 Å². The lowest BCUT2D eigenvalue weighted by atomic mass is 9.79. The average molecular weight is 246 g/mol. The number of rotatable bonds is 6. The van der Waals surface area contributed by atoms with E-state index in [0.717, 1.165) is 0 Å². The molecule has 0 unspecified atom stereocenters. The molecular weight excluding hydrogens is 224 g/mol. The molecule has 0 saturated carbocycles. The Labute approximate surface area is 98.1 Å². The lowest BCUT2D eigenvalue weighted by Crippen LogP contribution is -2.40. The molecule has 0 aromatic heterocycles. The molecule has 94 valence electrons. The normalized spacial score (nSPS) is 12.3. The molecule has 0 radical (unpaired) electrons. The molecule has 1 N–H and O–H groups in total. The van der Waals surface area contributed by atoms with E-state index < -0.39 is 19.7 Å². The number of aliphatic carboxylic acids is 1. The van der Waals surface area contributed by atoms with E-state index in [1.165, 1.54) is 0 Å². The lowest BCUT2D eigenvalue weighted by molar-refractivity contribution is -0.154. The zero-order chi connectivity index (χ0) is 13.0. The second-order valence-corrected chi connectivity index (χ2v) is 9.49. The van der Waals surface area contributed by atoms with Gasteiger partial charge in [-0.05, 0) is 32.5 Å². The Hall–Kier alpha value is -0.843. The third kappa shape index (κ3) is 4.34. The van der Waals surface area contributed by atoms with Gasteiger partial charge in [0, 0.05) is 0 Å². The zero-order valence-electron chi connectivity index (χ0n) is 10.8. The van der Waals surface area contributed by atoms with Crippen molar-refractivity contribution in [2.24, 2.45) is 5.41 Å². The molecule has 0 spiro atoms. The highest BCUT2D eigenvalue weighted by Gasteiger charge is 2.40. The summed E-state index contributed by atoms with van der Waals surface area (Å²) in [7, 11) is -1.96. The predicted octanol–water partition coefficient (Wildman–Crippen LogP) is 2.65. The van der Waals surface area contributed by atoms with Crippen LogP contribution in [-0.4, -0.2) is 25.4 Å². The van der Waals surface area contributed by atoms with E-state index in [1.807, 2.05) is 33.5 Å². The van der Waals surface area contributed by atoms with E-state index in [9.17, 15) is 9.59 Å². The van der Waals surface area contributed by atoms with Crippen LogP contribution in [0.1, 0.15) is 33.1 Å². The Kier molecular flexibility index (Phi) is 5.19. The SMILES string of the molecule is CCC(CC)(CC(=O)O)C(=O)O[Si](C)(C)C. The van der Waals surface area contributed by atoms with Crippen LogP contribution < -0.4 is 0 Å². The number of carboxylic acids is 1. The monoisotopic (exact) mass is 246 g/mol. The number of hydrogen-bond acceptors (Lipinski definition) is 3. The molecule has 0 aliphatic rings. The Morgan fingerprint density at radius 3 is 1.88 bits per heavy atom. The van der Waals surface area contributed by atoms with Gasteiger partial charge in [-0.25, -0.2) is 0 Å². The molecule has 0 amide bonds. The molecule has 0 aromatic rings. The summed E-state index contributed by atoms with van der Waals surface area (Å²) in [6.45, 7) is 9.42. The van der Waals surface area contributed by atoms with Gasteiger partial charge in [0.25, 0.3) is 5.97 Å². The van der Waals surface area contributed by atoms with Crippen LogP contribution in [0.2, 0.25) is 19.6 Å². The van der Waals surface area contributed by atoms with Gasteiger partial charge in [-0.15, -0.1) is 0 Å². The van der Waals surface area contributed by atoms with Crippen LogP contribution >= 0.6 is 0 Å². The Morgan fingerprint density at radius 1 is 1.19 bits per heavy atom. The standard InChI is InChI=1S/C11H22O4Si/c1-6-11(7-2,8-9(12)13)10(14)15-16(3,4)5/h6-8H2,1-5H3,(H,12,13). The quantitative estimate of drug-likeness (QED) is 0.732. The van der Waals surface area contributed by atoms with E-state index >= 15 is 0 Å². The highest BCUT2D eigenvalue weighted by molar-refractivity contribution is 6.71. The first-order valence-corrected chi connectivity index (χ1v) is 9.03. The van der Waals surface area contributed by atoms with Crippen molar-refractivity contribution < 1.29 is 19.1 Å². The third-order valence-corrected chi connectivity index (χ3v) is 3.47. The maximum absolute atomic E-state index is 12.0. The fourth-order valence-electron chi connectivity index (χ4n) is 1.54. The molecule has 4 nitrogen and oxygen atoms in total. The molecular formula is C11H22O4Si. The first-order valence-electron chi connectivity index (χ1n) is 5.62. The first kappa shape index (κ1) is 15.2. The van der Waals surface area contributed by atoms with E-state index in [4.69, 9.17) is 9.53 Å². The molecule has 5 heteroatoms. The number of carbonyl (C=O) groups is 2. The number of carbonyl (C=O) groups excluding carboxylic acids is 1. The van der Waals surface area contributed by atoms with Gasteiger partial charge in [0.2, 0.25) is 8.32 Å². The van der Waals surface area contributed by atoms with Crippen molar-refractivity contribution in [2.75, 3.05) is 0 Å². The molecule has 0 bridgehead atoms. The minimum atomic E-state index is -1.96. The summed E-state index contributed by atoms with van der Waals surface area (Å²) in [5.41, 5.74) is -0.855. The van der Waals surface area contributed by atoms with Crippen molar-refractivity contribution in [3.05, 3.63) is 0 Å². The molecule has 0 aliphatic heterocycles. The zero-order valence-corrected chi connectivity index (χ0v) is 11.8. The van der Waals surface area contributed by atoms with Crippen LogP contribution in [0.3, 0.4) is 0 Å². The minimum Gasteiger partial charge on any atom is -0.519 e. The van der Waals surface area contributed by atoms with Crippen molar-refractivity contribution in [1.82, 2.24) is 0 Å². The van der Waals surface area contributed by atoms with Crippen LogP contribution in [0, 0.1) is 5.41 Å². The second-order valence-electron chi connectivity index (χ2n) is 5.06. The fourth-order valence-corrected chi connectivity index (χ4v) is 2.31. The molecule has 0 aliphatic carbocycles. The van der Waals surface area contributed by atoms with E-state index in [2.05, 4.69) is 0 Å². The Bertz CT molecular complexity index is 264. The van der Waals surface area contributed by atoms with E-state index in [0.29, 0.717) is 12.8 Å². The Morgan fingerprint density at radius 2 is 1.62 bits per heavy atom. The summed E-state index contributed by atoms with van der Waals surface area (Å²) in [4.78, 5) is 22.8. The minimum absolute atomic E-state index is 0.149.